The molecule has 35 heavy (non-hydrogen) atoms. The molecule has 1 atom stereocenters. The highest BCUT2D eigenvalue weighted by atomic mass is 16.1. The van der Waals surface area contributed by atoms with Gasteiger partial charge in [-0.25, -0.2) is 4.98 Å². The number of nitrogens with zero attached hydrogens (tertiary/aromatic N) is 4. The van der Waals surface area contributed by atoms with Crippen LogP contribution in [0.5, 0.6) is 0 Å². The van der Waals surface area contributed by atoms with E-state index in [1.165, 1.54) is 5.56 Å². The van der Waals surface area contributed by atoms with Gasteiger partial charge >= 0.3 is 0 Å². The van der Waals surface area contributed by atoms with Crippen LogP contribution in [-0.2, 0) is 6.54 Å². The van der Waals surface area contributed by atoms with Crippen molar-refractivity contribution in [3.05, 3.63) is 59.9 Å². The van der Waals surface area contributed by atoms with Gasteiger partial charge in [0.15, 0.2) is 0 Å². The molecule has 4 rings (SSSR count). The van der Waals surface area contributed by atoms with Crippen LogP contribution in [-0.4, -0.2) is 59.2 Å². The number of aromatic nitrogens is 2. The smallest absolute Gasteiger partial charge is 0.256 e. The van der Waals surface area contributed by atoms with Gasteiger partial charge in [-0.1, -0.05) is 43.3 Å². The molecule has 0 spiro atoms. The standard InChI is InChI=1S/C27H37N7O/c1-2-13-29-25-24(19-31-27(33-25)30-16-10-21-8-14-28-15-9-21)26(35)32-23-11-17-34(18-12-23)20-22-6-4-3-5-7-22/h3-8,14-15,19,21,23H,2,9-13,16-18,20H2,1H3,(H,32,35)(H2,29,30,31,33)/t21-/m0/s1. The number of hydrogen-bond donors (Lipinski definition) is 3. The summed E-state index contributed by atoms with van der Waals surface area (Å²) in [6.45, 7) is 6.52. The van der Waals surface area contributed by atoms with Gasteiger partial charge in [0.1, 0.15) is 11.4 Å². The van der Waals surface area contributed by atoms with Crippen LogP contribution in [0.25, 0.3) is 0 Å². The topological polar surface area (TPSA) is 94.5 Å². The summed E-state index contributed by atoms with van der Waals surface area (Å²) in [4.78, 5) is 28.7. The number of piperidine rings is 1. The summed E-state index contributed by atoms with van der Waals surface area (Å²) in [5, 5.41) is 9.83. The minimum Gasteiger partial charge on any atom is -0.369 e. The largest absolute Gasteiger partial charge is 0.369 e. The predicted octanol–water partition coefficient (Wildman–Crippen LogP) is 4.10. The second-order valence-electron chi connectivity index (χ2n) is 9.28. The molecule has 1 saturated heterocycles. The number of amides is 1. The van der Waals surface area contributed by atoms with Gasteiger partial charge in [-0.2, -0.15) is 4.98 Å². The first kappa shape index (κ1) is 24.9. The molecule has 1 aromatic carbocycles. The lowest BCUT2D eigenvalue weighted by Crippen LogP contribution is -2.44. The molecule has 2 aromatic rings. The molecule has 0 saturated carbocycles. The van der Waals surface area contributed by atoms with Gasteiger partial charge in [0.05, 0.1) is 0 Å². The molecule has 0 radical (unpaired) electrons. The molecule has 186 valence electrons. The number of rotatable bonds is 11. The fraction of sp³-hybridized carbons (Fsp3) is 0.481. The molecule has 8 nitrogen and oxygen atoms in total. The first-order chi connectivity index (χ1) is 17.2. The molecule has 8 heteroatoms. The Morgan fingerprint density at radius 3 is 2.69 bits per heavy atom. The maximum atomic E-state index is 13.1. The third-order valence-electron chi connectivity index (χ3n) is 6.50. The van der Waals surface area contributed by atoms with Crippen molar-refractivity contribution < 1.29 is 4.79 Å². The van der Waals surface area contributed by atoms with Crippen LogP contribution in [0.2, 0.25) is 0 Å². The van der Waals surface area contributed by atoms with Crippen molar-refractivity contribution in [3.8, 4) is 0 Å². The molecular weight excluding hydrogens is 438 g/mol. The average Bonchev–Trinajstić information content (AvgIpc) is 2.90. The number of anilines is 2. The quantitative estimate of drug-likeness (QED) is 0.453. The highest BCUT2D eigenvalue weighted by Gasteiger charge is 2.23. The number of likely N-dealkylation sites (tertiary alicyclic amines) is 1. The number of carbonyl (C=O) groups is 1. The molecule has 3 heterocycles. The molecule has 3 N–H and O–H groups in total. The predicted molar refractivity (Wildman–Crippen MR) is 142 cm³/mol. The van der Waals surface area contributed by atoms with Crippen molar-refractivity contribution >= 4 is 23.9 Å². The highest BCUT2D eigenvalue weighted by molar-refractivity contribution is 5.98. The highest BCUT2D eigenvalue weighted by Crippen LogP contribution is 2.18. The Morgan fingerprint density at radius 2 is 1.94 bits per heavy atom. The van der Waals surface area contributed by atoms with Crippen LogP contribution in [0.1, 0.15) is 54.9 Å². The van der Waals surface area contributed by atoms with Crippen LogP contribution >= 0.6 is 0 Å². The zero-order valence-corrected chi connectivity index (χ0v) is 20.6. The van der Waals surface area contributed by atoms with Gasteiger partial charge < -0.3 is 16.0 Å². The Hall–Kier alpha value is -3.26. The Morgan fingerprint density at radius 1 is 1.11 bits per heavy atom. The van der Waals surface area contributed by atoms with E-state index in [2.05, 4.69) is 73.1 Å². The summed E-state index contributed by atoms with van der Waals surface area (Å²) in [5.41, 5.74) is 1.83. The summed E-state index contributed by atoms with van der Waals surface area (Å²) in [6, 6.07) is 10.7. The minimum atomic E-state index is -0.108. The fourth-order valence-corrected chi connectivity index (χ4v) is 4.44. The second kappa shape index (κ2) is 13.0. The molecule has 2 aliphatic rings. The van der Waals surface area contributed by atoms with E-state index in [0.29, 0.717) is 23.2 Å². The van der Waals surface area contributed by atoms with E-state index < -0.39 is 0 Å². The molecule has 0 unspecified atom stereocenters. The third-order valence-corrected chi connectivity index (χ3v) is 6.50. The SMILES string of the molecule is CCCNc1nc(NCC[C@H]2C=CN=CC2)ncc1C(=O)NC1CCN(Cc2ccccc2)CC1. The van der Waals surface area contributed by atoms with Crippen LogP contribution in [0.15, 0.2) is 53.8 Å². The van der Waals surface area contributed by atoms with E-state index in [-0.39, 0.29) is 11.9 Å². The maximum Gasteiger partial charge on any atom is 0.256 e. The number of hydrogen-bond acceptors (Lipinski definition) is 7. The summed E-state index contributed by atoms with van der Waals surface area (Å²) in [5.74, 6) is 1.51. The van der Waals surface area contributed by atoms with Gasteiger partial charge in [-0.3, -0.25) is 14.7 Å². The van der Waals surface area contributed by atoms with E-state index in [1.54, 1.807) is 6.20 Å². The van der Waals surface area contributed by atoms with E-state index in [9.17, 15) is 4.79 Å². The van der Waals surface area contributed by atoms with Crippen molar-refractivity contribution in [1.29, 1.82) is 0 Å². The van der Waals surface area contributed by atoms with Gasteiger partial charge in [0.2, 0.25) is 5.95 Å². The first-order valence-electron chi connectivity index (χ1n) is 12.8. The van der Waals surface area contributed by atoms with Crippen molar-refractivity contribution in [2.75, 3.05) is 36.8 Å². The summed E-state index contributed by atoms with van der Waals surface area (Å²) in [7, 11) is 0. The zero-order chi connectivity index (χ0) is 24.3. The molecular formula is C27H37N7O. The molecule has 2 aliphatic heterocycles. The van der Waals surface area contributed by atoms with Gasteiger partial charge in [-0.05, 0) is 43.6 Å². The number of carbonyl (C=O) groups excluding carboxylic acids is 1. The fourth-order valence-electron chi connectivity index (χ4n) is 4.44. The van der Waals surface area contributed by atoms with Crippen LogP contribution in [0, 0.1) is 5.92 Å². The van der Waals surface area contributed by atoms with Crippen LogP contribution in [0.4, 0.5) is 11.8 Å². The summed E-state index contributed by atoms with van der Waals surface area (Å²) >= 11 is 0. The number of nitrogens with one attached hydrogen (secondary N) is 3. The van der Waals surface area contributed by atoms with Crippen molar-refractivity contribution in [1.82, 2.24) is 20.2 Å². The van der Waals surface area contributed by atoms with Crippen LogP contribution < -0.4 is 16.0 Å². The molecule has 1 fully saturated rings. The Kier molecular flexibility index (Phi) is 9.23. The lowest BCUT2D eigenvalue weighted by molar-refractivity contribution is 0.0909. The lowest BCUT2D eigenvalue weighted by atomic mass is 10.0. The molecule has 0 aliphatic carbocycles. The normalized spacial score (nSPS) is 18.4. The van der Waals surface area contributed by atoms with Gasteiger partial charge in [0.25, 0.3) is 5.91 Å². The van der Waals surface area contributed by atoms with Crippen molar-refractivity contribution in [2.24, 2.45) is 10.9 Å². The van der Waals surface area contributed by atoms with Crippen LogP contribution in [0.3, 0.4) is 0 Å². The lowest BCUT2D eigenvalue weighted by Gasteiger charge is -2.32. The van der Waals surface area contributed by atoms with Gasteiger partial charge in [-0.15, -0.1) is 0 Å². The Bertz CT molecular complexity index is 1000. The van der Waals surface area contributed by atoms with E-state index in [0.717, 1.165) is 64.8 Å². The first-order valence-corrected chi connectivity index (χ1v) is 12.8. The summed E-state index contributed by atoms with van der Waals surface area (Å²) in [6.07, 6.45) is 12.4. The Balaban J connectivity index is 1.29. The number of aliphatic imine (C=N–C) groups is 1. The molecule has 0 bridgehead atoms. The van der Waals surface area contributed by atoms with Gasteiger partial charge in [0, 0.05) is 57.4 Å². The average molecular weight is 476 g/mol. The second-order valence-corrected chi connectivity index (χ2v) is 9.28. The zero-order valence-electron chi connectivity index (χ0n) is 20.6. The van der Waals surface area contributed by atoms with E-state index in [4.69, 9.17) is 0 Å². The van der Waals surface area contributed by atoms with Crippen molar-refractivity contribution in [3.63, 3.8) is 0 Å². The minimum absolute atomic E-state index is 0.108. The van der Waals surface area contributed by atoms with E-state index >= 15 is 0 Å². The number of allylic oxidation sites excluding steroid dienone is 1. The monoisotopic (exact) mass is 475 g/mol. The Labute approximate surface area is 208 Å². The van der Waals surface area contributed by atoms with Crippen molar-refractivity contribution in [2.45, 2.75) is 51.6 Å². The maximum absolute atomic E-state index is 13.1. The summed E-state index contributed by atoms with van der Waals surface area (Å²) < 4.78 is 0. The number of benzene rings is 1. The molecule has 1 aromatic heterocycles. The third kappa shape index (κ3) is 7.62. The molecule has 1 amide bonds. The van der Waals surface area contributed by atoms with E-state index in [1.807, 2.05) is 18.5 Å².